The van der Waals surface area contributed by atoms with Gasteiger partial charge in [0.15, 0.2) is 0 Å². The molecule has 2 heterocycles. The van der Waals surface area contributed by atoms with E-state index in [-0.39, 0.29) is 23.2 Å². The molecule has 34 heavy (non-hydrogen) atoms. The minimum absolute atomic E-state index is 0.0374. The van der Waals surface area contributed by atoms with Gasteiger partial charge < -0.3 is 10.1 Å². The van der Waals surface area contributed by atoms with Crippen LogP contribution in [-0.4, -0.2) is 22.8 Å². The van der Waals surface area contributed by atoms with Crippen molar-refractivity contribution in [3.8, 4) is 5.75 Å². The molecule has 7 heteroatoms. The highest BCUT2D eigenvalue weighted by atomic mass is 32.2. The molecule has 1 aromatic heterocycles. The van der Waals surface area contributed by atoms with Gasteiger partial charge in [0.2, 0.25) is 5.91 Å². The lowest BCUT2D eigenvalue weighted by atomic mass is 9.74. The number of fused-ring (bicyclic) bond motifs is 6. The molecular weight excluding hydrogens is 464 g/mol. The smallest absolute Gasteiger partial charge is 0.308 e. The molecule has 3 aliphatic rings. The van der Waals surface area contributed by atoms with E-state index in [0.717, 1.165) is 26.9 Å². The van der Waals surface area contributed by atoms with Crippen LogP contribution in [-0.2, 0) is 11.3 Å². The van der Waals surface area contributed by atoms with E-state index in [1.165, 1.54) is 36.2 Å². The Balaban J connectivity index is 1.39. The van der Waals surface area contributed by atoms with Crippen LogP contribution in [0.5, 0.6) is 5.75 Å². The molecule has 5 atom stereocenters. The number of amides is 1. The number of nitrogens with zero attached hydrogens (tertiary/aromatic N) is 1. The standard InChI is InChI=1S/C27H28N2O3S2/c1-15-6-5-7-18(12-15)28-21(30)14-29-26-25(34-27(29)31)23(19-8-3-4-9-20(19)32-2)22-16-10-11-17(13-16)24(22)33-26/h3-9,12,16-17,22-24H,10-11,13-14H2,1-2H3,(H,28,30)/t16-,17-,22-,23-,24+/m0/s1. The van der Waals surface area contributed by atoms with Crippen LogP contribution >= 0.6 is 23.1 Å². The minimum Gasteiger partial charge on any atom is -0.496 e. The van der Waals surface area contributed by atoms with Gasteiger partial charge in [-0.05, 0) is 67.7 Å². The van der Waals surface area contributed by atoms with Crippen molar-refractivity contribution in [3.05, 3.63) is 74.2 Å². The second-order valence-electron chi connectivity index (χ2n) is 9.75. The summed E-state index contributed by atoms with van der Waals surface area (Å²) in [6.07, 6.45) is 3.83. The Labute approximate surface area is 207 Å². The zero-order chi connectivity index (χ0) is 23.4. The summed E-state index contributed by atoms with van der Waals surface area (Å²) >= 11 is 3.17. The number of rotatable bonds is 5. The first-order chi connectivity index (χ1) is 16.5. The topological polar surface area (TPSA) is 60.3 Å². The fourth-order valence-corrected chi connectivity index (χ4v) is 9.57. The van der Waals surface area contributed by atoms with E-state index in [0.29, 0.717) is 23.0 Å². The molecule has 2 aromatic carbocycles. The van der Waals surface area contributed by atoms with E-state index in [2.05, 4.69) is 17.4 Å². The predicted molar refractivity (Wildman–Crippen MR) is 137 cm³/mol. The maximum Gasteiger partial charge on any atom is 0.308 e. The molecule has 3 aromatic rings. The summed E-state index contributed by atoms with van der Waals surface area (Å²) in [5.41, 5.74) is 3.02. The molecule has 6 rings (SSSR count). The quantitative estimate of drug-likeness (QED) is 0.510. The number of aromatic nitrogens is 1. The summed E-state index contributed by atoms with van der Waals surface area (Å²) in [4.78, 5) is 27.2. The first-order valence-electron chi connectivity index (χ1n) is 11.9. The predicted octanol–water partition coefficient (Wildman–Crippen LogP) is 5.52. The maximum atomic E-state index is 13.2. The number of hydrogen-bond acceptors (Lipinski definition) is 5. The van der Waals surface area contributed by atoms with Crippen LogP contribution in [0, 0.1) is 24.7 Å². The molecule has 2 fully saturated rings. The van der Waals surface area contributed by atoms with Gasteiger partial charge in [-0.15, -0.1) is 11.8 Å². The van der Waals surface area contributed by atoms with Gasteiger partial charge in [-0.25, -0.2) is 0 Å². The summed E-state index contributed by atoms with van der Waals surface area (Å²) in [5, 5.41) is 4.44. The fourth-order valence-electron chi connectivity index (χ4n) is 6.43. The first kappa shape index (κ1) is 22.0. The SMILES string of the molecule is COc1ccccc1[C@@H]1c2sc(=O)n(CC(=O)Nc3cccc(C)c3)c2S[C@@H]2[C@H]3CC[C@@H](C3)[C@@H]12. The Morgan fingerprint density at radius 3 is 2.79 bits per heavy atom. The zero-order valence-corrected chi connectivity index (χ0v) is 21.0. The molecule has 2 saturated carbocycles. The van der Waals surface area contributed by atoms with Gasteiger partial charge in [0.25, 0.3) is 0 Å². The number of hydrogen-bond donors (Lipinski definition) is 1. The molecule has 0 saturated heterocycles. The van der Waals surface area contributed by atoms with Gasteiger partial charge in [0, 0.05) is 27.3 Å². The summed E-state index contributed by atoms with van der Waals surface area (Å²) in [6, 6.07) is 16.0. The number of para-hydroxylation sites is 1. The van der Waals surface area contributed by atoms with Crippen LogP contribution in [0.2, 0.25) is 0 Å². The molecular formula is C27H28N2O3S2. The molecule has 2 aliphatic carbocycles. The summed E-state index contributed by atoms with van der Waals surface area (Å²) < 4.78 is 7.48. The molecule has 1 N–H and O–H groups in total. The van der Waals surface area contributed by atoms with Crippen molar-refractivity contribution in [1.82, 2.24) is 4.57 Å². The largest absolute Gasteiger partial charge is 0.496 e. The third kappa shape index (κ3) is 3.60. The number of thiazole rings is 1. The third-order valence-corrected chi connectivity index (χ3v) is 10.6. The normalized spacial score (nSPS) is 26.7. The van der Waals surface area contributed by atoms with Crippen molar-refractivity contribution < 1.29 is 9.53 Å². The first-order valence-corrected chi connectivity index (χ1v) is 13.6. The van der Waals surface area contributed by atoms with Crippen molar-refractivity contribution in [2.75, 3.05) is 12.4 Å². The van der Waals surface area contributed by atoms with Crippen LogP contribution in [0.3, 0.4) is 0 Å². The van der Waals surface area contributed by atoms with Crippen LogP contribution in [0.1, 0.15) is 41.2 Å². The second-order valence-corrected chi connectivity index (χ2v) is 11.9. The summed E-state index contributed by atoms with van der Waals surface area (Å²) in [7, 11) is 1.72. The van der Waals surface area contributed by atoms with E-state index in [1.54, 1.807) is 11.7 Å². The minimum atomic E-state index is -0.169. The van der Waals surface area contributed by atoms with E-state index >= 15 is 0 Å². The van der Waals surface area contributed by atoms with E-state index in [4.69, 9.17) is 4.74 Å². The molecule has 0 spiro atoms. The van der Waals surface area contributed by atoms with Gasteiger partial charge in [-0.3, -0.25) is 14.2 Å². The zero-order valence-electron chi connectivity index (χ0n) is 19.3. The van der Waals surface area contributed by atoms with Crippen LogP contribution in [0.4, 0.5) is 5.69 Å². The van der Waals surface area contributed by atoms with Gasteiger partial charge >= 0.3 is 4.87 Å². The lowest BCUT2D eigenvalue weighted by molar-refractivity contribution is -0.116. The molecule has 2 bridgehead atoms. The Hall–Kier alpha value is -2.51. The van der Waals surface area contributed by atoms with Crippen molar-refractivity contribution >= 4 is 34.7 Å². The van der Waals surface area contributed by atoms with Crippen molar-refractivity contribution in [1.29, 1.82) is 0 Å². The van der Waals surface area contributed by atoms with E-state index in [1.807, 2.05) is 55.1 Å². The number of carbonyl (C=O) groups excluding carboxylic acids is 1. The van der Waals surface area contributed by atoms with Gasteiger partial charge in [-0.2, -0.15) is 0 Å². The monoisotopic (exact) mass is 492 g/mol. The highest BCUT2D eigenvalue weighted by molar-refractivity contribution is 8.00. The highest BCUT2D eigenvalue weighted by Crippen LogP contribution is 2.64. The molecule has 0 radical (unpaired) electrons. The maximum absolute atomic E-state index is 13.2. The van der Waals surface area contributed by atoms with Crippen molar-refractivity contribution in [2.45, 2.75) is 48.9 Å². The summed E-state index contributed by atoms with van der Waals surface area (Å²) in [5.74, 6) is 2.76. The highest BCUT2D eigenvalue weighted by Gasteiger charge is 2.55. The fraction of sp³-hybridized carbons (Fsp3) is 0.407. The van der Waals surface area contributed by atoms with Crippen molar-refractivity contribution in [3.63, 3.8) is 0 Å². The lowest BCUT2D eigenvalue weighted by Gasteiger charge is -2.40. The third-order valence-electron chi connectivity index (χ3n) is 7.77. The van der Waals surface area contributed by atoms with Crippen LogP contribution in [0.15, 0.2) is 58.4 Å². The number of anilines is 1. The molecule has 176 valence electrons. The summed E-state index contributed by atoms with van der Waals surface area (Å²) in [6.45, 7) is 2.03. The number of ether oxygens (including phenoxy) is 1. The van der Waals surface area contributed by atoms with Gasteiger partial charge in [-0.1, -0.05) is 41.7 Å². The number of thioether (sulfide) groups is 1. The Morgan fingerprint density at radius 1 is 1.15 bits per heavy atom. The Morgan fingerprint density at radius 2 is 1.97 bits per heavy atom. The molecule has 5 nitrogen and oxygen atoms in total. The van der Waals surface area contributed by atoms with Crippen molar-refractivity contribution in [2.24, 2.45) is 17.8 Å². The van der Waals surface area contributed by atoms with Crippen LogP contribution in [0.25, 0.3) is 0 Å². The number of benzene rings is 2. The molecule has 0 unspecified atom stereocenters. The number of methoxy groups -OCH3 is 1. The Bertz CT molecular complexity index is 1310. The van der Waals surface area contributed by atoms with E-state index < -0.39 is 0 Å². The molecule has 1 aliphatic heterocycles. The second kappa shape index (κ2) is 8.61. The van der Waals surface area contributed by atoms with E-state index in [9.17, 15) is 9.59 Å². The van der Waals surface area contributed by atoms with Gasteiger partial charge in [0.1, 0.15) is 12.3 Å². The lowest BCUT2D eigenvalue weighted by Crippen LogP contribution is -2.35. The Kier molecular flexibility index (Phi) is 5.57. The molecule has 1 amide bonds. The average Bonchev–Trinajstić information content (AvgIpc) is 3.52. The number of nitrogens with one attached hydrogen (secondary N) is 1. The van der Waals surface area contributed by atoms with Gasteiger partial charge in [0.05, 0.1) is 12.1 Å². The number of carbonyl (C=O) groups is 1. The number of aryl methyl sites for hydroxylation is 1. The van der Waals surface area contributed by atoms with Crippen LogP contribution < -0.4 is 14.9 Å². The average molecular weight is 493 g/mol.